The van der Waals surface area contributed by atoms with Gasteiger partial charge in [-0.3, -0.25) is 14.6 Å². The number of benzene rings is 1. The summed E-state index contributed by atoms with van der Waals surface area (Å²) in [4.78, 5) is 32.9. The molecule has 8 heteroatoms. The summed E-state index contributed by atoms with van der Waals surface area (Å²) in [6.07, 6.45) is 4.21. The third-order valence-electron chi connectivity index (χ3n) is 5.30. The molecule has 4 rings (SSSR count). The Morgan fingerprint density at radius 2 is 1.91 bits per heavy atom. The van der Waals surface area contributed by atoms with Crippen molar-refractivity contribution >= 4 is 38.2 Å². The number of nitrogens with one attached hydrogen (secondary N) is 1. The molecule has 3 heterocycles. The predicted octanol–water partition coefficient (Wildman–Crippen LogP) is 4.04. The van der Waals surface area contributed by atoms with Gasteiger partial charge in [-0.25, -0.2) is 0 Å². The van der Waals surface area contributed by atoms with E-state index in [2.05, 4.69) is 15.2 Å². The van der Waals surface area contributed by atoms with E-state index in [1.54, 1.807) is 24.0 Å². The third kappa shape index (κ3) is 5.07. The maximum absolute atomic E-state index is 13.3. The zero-order valence-corrected chi connectivity index (χ0v) is 19.2. The van der Waals surface area contributed by atoms with Crippen LogP contribution in [0.1, 0.15) is 29.1 Å². The number of amides is 1. The van der Waals surface area contributed by atoms with Gasteiger partial charge in [0.2, 0.25) is 0 Å². The molecule has 0 aliphatic carbocycles. The molecule has 1 aromatic carbocycles. The summed E-state index contributed by atoms with van der Waals surface area (Å²) in [5.41, 5.74) is 1.56. The summed E-state index contributed by atoms with van der Waals surface area (Å²) < 4.78 is 8.51. The number of carbonyl (C=O) groups is 1. The molecule has 0 saturated carbocycles. The lowest BCUT2D eigenvalue weighted by Gasteiger charge is -2.11. The monoisotopic (exact) mass is 466 g/mol. The van der Waals surface area contributed by atoms with Crippen LogP contribution in [0.3, 0.4) is 0 Å². The summed E-state index contributed by atoms with van der Waals surface area (Å²) in [6.45, 7) is 1.67. The molecular formula is C25H30N4O3S. The fourth-order valence-corrected chi connectivity index (χ4v) is 4.82. The van der Waals surface area contributed by atoms with Gasteiger partial charge in [-0.05, 0) is 50.8 Å². The number of nitrogens with zero attached hydrogens (tertiary/aromatic N) is 3. The number of hydrogen-bond acceptors (Lipinski definition) is 6. The fourth-order valence-electron chi connectivity index (χ4n) is 3.63. The Kier molecular flexibility index (Phi) is 7.84. The van der Waals surface area contributed by atoms with Crippen LogP contribution in [-0.2, 0) is 13.7 Å². The van der Waals surface area contributed by atoms with E-state index < -0.39 is 0 Å². The third-order valence-corrected chi connectivity index (χ3v) is 6.50. The molecular weight excluding hydrogens is 436 g/mol. The molecule has 0 aliphatic heterocycles. The van der Waals surface area contributed by atoms with E-state index >= 15 is 0 Å². The molecule has 0 aliphatic rings. The van der Waals surface area contributed by atoms with Gasteiger partial charge in [0.25, 0.3) is 11.5 Å². The van der Waals surface area contributed by atoms with Crippen molar-refractivity contribution in [1.29, 1.82) is 0 Å². The van der Waals surface area contributed by atoms with Crippen LogP contribution in [0.25, 0.3) is 21.0 Å². The van der Waals surface area contributed by atoms with Crippen molar-refractivity contribution in [1.82, 2.24) is 19.8 Å². The molecule has 0 unspecified atom stereocenters. The van der Waals surface area contributed by atoms with Crippen LogP contribution in [0, 0.1) is 0 Å². The Morgan fingerprint density at radius 1 is 1.18 bits per heavy atom. The first-order valence-electron chi connectivity index (χ1n) is 10.5. The minimum Gasteiger partial charge on any atom is -0.486 e. The van der Waals surface area contributed by atoms with E-state index in [0.29, 0.717) is 22.6 Å². The van der Waals surface area contributed by atoms with Gasteiger partial charge >= 0.3 is 0 Å². The number of hydrogen-bond donors (Lipinski definition) is 1. The zero-order chi connectivity index (χ0) is 22.7. The number of rotatable bonds is 8. The SMILES string of the molecule is C.CN(C)CCCNC(=O)c1sc2c(c1OCc1ccncc1)c(=O)n(C)c1ccccc21. The van der Waals surface area contributed by atoms with Gasteiger partial charge < -0.3 is 19.5 Å². The highest BCUT2D eigenvalue weighted by Gasteiger charge is 2.24. The van der Waals surface area contributed by atoms with Crippen LogP contribution in [0.5, 0.6) is 5.75 Å². The molecule has 33 heavy (non-hydrogen) atoms. The van der Waals surface area contributed by atoms with Crippen LogP contribution in [0.4, 0.5) is 0 Å². The Morgan fingerprint density at radius 3 is 2.64 bits per heavy atom. The van der Waals surface area contributed by atoms with Crippen LogP contribution in [0.15, 0.2) is 53.6 Å². The normalized spacial score (nSPS) is 11.0. The number of aromatic nitrogens is 2. The number of thiophene rings is 1. The minimum atomic E-state index is -0.221. The quantitative estimate of drug-likeness (QED) is 0.397. The summed E-state index contributed by atoms with van der Waals surface area (Å²) in [5, 5.41) is 4.36. The van der Waals surface area contributed by atoms with Crippen LogP contribution < -0.4 is 15.6 Å². The van der Waals surface area contributed by atoms with Gasteiger partial charge in [0.15, 0.2) is 5.75 Å². The number of para-hydroxylation sites is 1. The van der Waals surface area contributed by atoms with Gasteiger partial charge in [0, 0.05) is 31.4 Å². The first-order chi connectivity index (χ1) is 15.5. The summed E-state index contributed by atoms with van der Waals surface area (Å²) >= 11 is 1.31. The van der Waals surface area contributed by atoms with Crippen molar-refractivity contribution in [2.45, 2.75) is 20.5 Å². The van der Waals surface area contributed by atoms with Crippen molar-refractivity contribution in [2.24, 2.45) is 7.05 Å². The first-order valence-corrected chi connectivity index (χ1v) is 11.3. The second-order valence-corrected chi connectivity index (χ2v) is 8.92. The zero-order valence-electron chi connectivity index (χ0n) is 18.4. The molecule has 0 bridgehead atoms. The molecule has 0 spiro atoms. The van der Waals surface area contributed by atoms with Gasteiger partial charge in [0.05, 0.1) is 10.2 Å². The number of pyridine rings is 2. The van der Waals surface area contributed by atoms with Gasteiger partial charge in [-0.15, -0.1) is 11.3 Å². The van der Waals surface area contributed by atoms with Crippen molar-refractivity contribution in [3.63, 3.8) is 0 Å². The molecule has 0 fully saturated rings. The maximum atomic E-state index is 13.3. The lowest BCUT2D eigenvalue weighted by Crippen LogP contribution is -2.27. The van der Waals surface area contributed by atoms with Gasteiger partial charge in [-0.1, -0.05) is 25.6 Å². The predicted molar refractivity (Wildman–Crippen MR) is 135 cm³/mol. The fraction of sp³-hybridized carbons (Fsp3) is 0.320. The highest BCUT2D eigenvalue weighted by molar-refractivity contribution is 7.22. The number of carbonyl (C=O) groups excluding carboxylic acids is 1. The van der Waals surface area contributed by atoms with Gasteiger partial charge in [0.1, 0.15) is 16.9 Å². The molecule has 0 atom stereocenters. The minimum absolute atomic E-state index is 0. The van der Waals surface area contributed by atoms with E-state index in [9.17, 15) is 9.59 Å². The van der Waals surface area contributed by atoms with Gasteiger partial charge in [-0.2, -0.15) is 0 Å². The van der Waals surface area contributed by atoms with Crippen molar-refractivity contribution in [3.05, 3.63) is 69.6 Å². The average molecular weight is 467 g/mol. The lowest BCUT2D eigenvalue weighted by molar-refractivity contribution is 0.0952. The molecule has 1 amide bonds. The Hall–Kier alpha value is -3.23. The van der Waals surface area contributed by atoms with Crippen molar-refractivity contribution < 1.29 is 9.53 Å². The highest BCUT2D eigenvalue weighted by atomic mass is 32.1. The van der Waals surface area contributed by atoms with E-state index in [1.165, 1.54) is 11.3 Å². The molecule has 7 nitrogen and oxygen atoms in total. The molecule has 174 valence electrons. The number of fused-ring (bicyclic) bond motifs is 3. The second kappa shape index (κ2) is 10.6. The van der Waals surface area contributed by atoms with Crippen molar-refractivity contribution in [3.8, 4) is 5.75 Å². The van der Waals surface area contributed by atoms with Crippen molar-refractivity contribution in [2.75, 3.05) is 27.2 Å². The summed E-state index contributed by atoms with van der Waals surface area (Å²) in [7, 11) is 5.74. The van der Waals surface area contributed by atoms with Crippen LogP contribution >= 0.6 is 11.3 Å². The number of ether oxygens (including phenoxy) is 1. The Balaban J connectivity index is 0.00000306. The maximum Gasteiger partial charge on any atom is 0.265 e. The summed E-state index contributed by atoms with van der Waals surface area (Å²) in [6, 6.07) is 11.4. The Bertz CT molecular complexity index is 1310. The molecule has 0 radical (unpaired) electrons. The molecule has 0 saturated heterocycles. The smallest absolute Gasteiger partial charge is 0.265 e. The largest absolute Gasteiger partial charge is 0.486 e. The van der Waals surface area contributed by atoms with E-state index in [1.807, 2.05) is 50.5 Å². The lowest BCUT2D eigenvalue weighted by atomic mass is 10.1. The van der Waals surface area contributed by atoms with E-state index in [4.69, 9.17) is 4.74 Å². The highest BCUT2D eigenvalue weighted by Crippen LogP contribution is 2.39. The molecule has 1 N–H and O–H groups in total. The van der Waals surface area contributed by atoms with E-state index in [0.717, 1.165) is 34.1 Å². The molecule has 4 aromatic rings. The molecule has 3 aromatic heterocycles. The van der Waals surface area contributed by atoms with Crippen LogP contribution in [-0.4, -0.2) is 47.5 Å². The average Bonchev–Trinajstić information content (AvgIpc) is 3.19. The van der Waals surface area contributed by atoms with Crippen LogP contribution in [0.2, 0.25) is 0 Å². The van der Waals surface area contributed by atoms with E-state index in [-0.39, 0.29) is 25.5 Å². The standard InChI is InChI=1S/C24H26N4O3S.CH4/c1-27(2)14-6-11-26-23(29)22-20(31-15-16-9-12-25-13-10-16)19-21(32-22)17-7-4-5-8-18(17)28(3)24(19)30;/h4-5,7-10,12-13H,6,11,14-15H2,1-3H3,(H,26,29);1H4. The topological polar surface area (TPSA) is 76.5 Å². The first kappa shape index (κ1) is 24.4. The second-order valence-electron chi connectivity index (χ2n) is 7.90. The summed E-state index contributed by atoms with van der Waals surface area (Å²) in [5.74, 6) is 0.124. The number of aryl methyl sites for hydroxylation is 1. The Labute approximate surface area is 197 Å².